The average Bonchev–Trinajstić information content (AvgIpc) is 2.90. The van der Waals surface area contributed by atoms with Gasteiger partial charge in [-0.05, 0) is 57.9 Å². The minimum Gasteiger partial charge on any atom is -0.497 e. The summed E-state index contributed by atoms with van der Waals surface area (Å²) in [5, 5.41) is 3.41. The van der Waals surface area contributed by atoms with Gasteiger partial charge in [-0.15, -0.1) is 0 Å². The Balaban J connectivity index is 2.03. The molecular weight excluding hydrogens is 372 g/mol. The van der Waals surface area contributed by atoms with Crippen LogP contribution in [-0.2, 0) is 0 Å². The highest BCUT2D eigenvalue weighted by Crippen LogP contribution is 2.33. The largest absolute Gasteiger partial charge is 0.497 e. The first-order chi connectivity index (χ1) is 14.6. The van der Waals surface area contributed by atoms with Crippen LogP contribution in [0.15, 0.2) is 47.5 Å². The number of fused-ring (bicyclic) bond motifs is 1. The van der Waals surface area contributed by atoms with E-state index >= 15 is 0 Å². The lowest BCUT2D eigenvalue weighted by molar-refractivity contribution is 0.344. The fourth-order valence-corrected chi connectivity index (χ4v) is 4.77. The van der Waals surface area contributed by atoms with E-state index in [0.717, 1.165) is 33.6 Å². The van der Waals surface area contributed by atoms with E-state index in [1.807, 2.05) is 19.1 Å². The quantitative estimate of drug-likeness (QED) is 0.532. The van der Waals surface area contributed by atoms with Crippen LogP contribution in [0.4, 0.5) is 0 Å². The number of ether oxygens (including phenoxy) is 2. The SMILES string of the molecule is CCOc1cccc(=NC2CCCCC2)c2c(C)n(-c3cccc(OC)c3)c(C)c12. The highest BCUT2D eigenvalue weighted by molar-refractivity contribution is 5.93. The van der Waals surface area contributed by atoms with Gasteiger partial charge in [0.15, 0.2) is 0 Å². The molecule has 1 saturated carbocycles. The molecular formula is C26H32N2O2. The van der Waals surface area contributed by atoms with E-state index in [2.05, 4.69) is 48.7 Å². The van der Waals surface area contributed by atoms with Gasteiger partial charge in [-0.25, -0.2) is 0 Å². The summed E-state index contributed by atoms with van der Waals surface area (Å²) >= 11 is 0. The number of nitrogens with zero attached hydrogens (tertiary/aromatic N) is 2. The van der Waals surface area contributed by atoms with Gasteiger partial charge >= 0.3 is 0 Å². The number of methoxy groups -OCH3 is 1. The minimum absolute atomic E-state index is 0.416. The number of hydrogen-bond acceptors (Lipinski definition) is 3. The van der Waals surface area contributed by atoms with Gasteiger partial charge in [0.2, 0.25) is 0 Å². The first-order valence-corrected chi connectivity index (χ1v) is 11.1. The van der Waals surface area contributed by atoms with E-state index in [-0.39, 0.29) is 0 Å². The predicted molar refractivity (Wildman–Crippen MR) is 123 cm³/mol. The third kappa shape index (κ3) is 3.83. The fraction of sp³-hybridized carbons (Fsp3) is 0.423. The van der Waals surface area contributed by atoms with Crippen LogP contribution in [0.3, 0.4) is 0 Å². The van der Waals surface area contributed by atoms with Crippen molar-refractivity contribution < 1.29 is 9.47 Å². The van der Waals surface area contributed by atoms with Crippen molar-refractivity contribution in [2.75, 3.05) is 13.7 Å². The maximum absolute atomic E-state index is 6.07. The molecule has 0 bridgehead atoms. The molecule has 0 atom stereocenters. The van der Waals surface area contributed by atoms with Gasteiger partial charge in [-0.2, -0.15) is 0 Å². The minimum atomic E-state index is 0.416. The molecule has 0 spiro atoms. The molecule has 1 aliphatic carbocycles. The van der Waals surface area contributed by atoms with Crippen LogP contribution in [0.2, 0.25) is 0 Å². The summed E-state index contributed by atoms with van der Waals surface area (Å²) in [4.78, 5) is 5.24. The van der Waals surface area contributed by atoms with Crippen LogP contribution in [0.5, 0.6) is 11.5 Å². The summed E-state index contributed by atoms with van der Waals surface area (Å²) < 4.78 is 13.9. The van der Waals surface area contributed by atoms with Gasteiger partial charge in [-0.1, -0.05) is 31.4 Å². The zero-order chi connectivity index (χ0) is 21.1. The second kappa shape index (κ2) is 8.95. The molecule has 158 valence electrons. The van der Waals surface area contributed by atoms with Crippen molar-refractivity contribution in [3.05, 3.63) is 59.2 Å². The van der Waals surface area contributed by atoms with Crippen molar-refractivity contribution in [1.82, 2.24) is 4.57 Å². The van der Waals surface area contributed by atoms with Crippen molar-refractivity contribution in [3.8, 4) is 17.2 Å². The lowest BCUT2D eigenvalue weighted by Crippen LogP contribution is -2.15. The summed E-state index contributed by atoms with van der Waals surface area (Å²) in [5.41, 5.74) is 3.44. The normalized spacial score (nSPS) is 15.5. The maximum atomic E-state index is 6.07. The van der Waals surface area contributed by atoms with Gasteiger partial charge in [0, 0.05) is 33.9 Å². The molecule has 4 heteroatoms. The highest BCUT2D eigenvalue weighted by Gasteiger charge is 2.19. The summed E-state index contributed by atoms with van der Waals surface area (Å²) in [6, 6.07) is 15.0. The molecule has 4 nitrogen and oxygen atoms in total. The molecule has 0 radical (unpaired) electrons. The molecule has 4 rings (SSSR count). The Bertz CT molecular complexity index is 1110. The van der Waals surface area contributed by atoms with Crippen molar-refractivity contribution in [1.29, 1.82) is 0 Å². The van der Waals surface area contributed by atoms with Crippen LogP contribution in [0.1, 0.15) is 50.4 Å². The molecule has 1 aliphatic rings. The Kier molecular flexibility index (Phi) is 6.12. The molecule has 1 heterocycles. The molecule has 1 aromatic heterocycles. The standard InChI is InChI=1S/C26H32N2O2/c1-5-30-24-16-10-15-23(27-20-11-7-6-8-12-20)25-18(2)28(19(3)26(24)25)21-13-9-14-22(17-21)29-4/h9-10,13-17,20H,5-8,11-12H2,1-4H3. The Labute approximate surface area is 179 Å². The van der Waals surface area contributed by atoms with Crippen molar-refractivity contribution in [3.63, 3.8) is 0 Å². The lowest BCUT2D eigenvalue weighted by atomic mass is 9.96. The lowest BCUT2D eigenvalue weighted by Gasteiger charge is -2.17. The summed E-state index contributed by atoms with van der Waals surface area (Å²) in [6.07, 6.45) is 6.27. The number of aromatic nitrogens is 1. The van der Waals surface area contributed by atoms with Crippen molar-refractivity contribution >= 4 is 10.8 Å². The molecule has 30 heavy (non-hydrogen) atoms. The highest BCUT2D eigenvalue weighted by atomic mass is 16.5. The predicted octanol–water partition coefficient (Wildman–Crippen LogP) is 5.89. The second-order valence-corrected chi connectivity index (χ2v) is 8.09. The van der Waals surface area contributed by atoms with Crippen LogP contribution in [-0.4, -0.2) is 24.3 Å². The third-order valence-corrected chi connectivity index (χ3v) is 6.16. The second-order valence-electron chi connectivity index (χ2n) is 8.09. The number of hydrogen-bond donors (Lipinski definition) is 0. The Morgan fingerprint density at radius 2 is 1.70 bits per heavy atom. The third-order valence-electron chi connectivity index (χ3n) is 6.16. The van der Waals surface area contributed by atoms with E-state index in [1.165, 1.54) is 43.2 Å². The van der Waals surface area contributed by atoms with Gasteiger partial charge in [-0.3, -0.25) is 4.99 Å². The molecule has 2 aromatic carbocycles. The first-order valence-electron chi connectivity index (χ1n) is 11.1. The topological polar surface area (TPSA) is 35.8 Å². The summed E-state index contributed by atoms with van der Waals surface area (Å²) in [7, 11) is 1.71. The summed E-state index contributed by atoms with van der Waals surface area (Å²) in [5.74, 6) is 1.77. The molecule has 0 N–H and O–H groups in total. The van der Waals surface area contributed by atoms with Crippen molar-refractivity contribution in [2.24, 2.45) is 4.99 Å². The fourth-order valence-electron chi connectivity index (χ4n) is 4.77. The average molecular weight is 405 g/mol. The molecule has 0 aliphatic heterocycles. The number of benzene rings is 1. The maximum Gasteiger partial charge on any atom is 0.129 e. The van der Waals surface area contributed by atoms with Crippen LogP contribution in [0, 0.1) is 13.8 Å². The zero-order valence-electron chi connectivity index (χ0n) is 18.6. The van der Waals surface area contributed by atoms with Gasteiger partial charge in [0.25, 0.3) is 0 Å². The number of aryl methyl sites for hydroxylation is 2. The Hall–Kier alpha value is -2.75. The number of rotatable bonds is 5. The monoisotopic (exact) mass is 404 g/mol. The molecule has 1 fully saturated rings. The molecule has 0 amide bonds. The van der Waals surface area contributed by atoms with Gasteiger partial charge in [0.05, 0.1) is 25.1 Å². The zero-order valence-corrected chi connectivity index (χ0v) is 18.6. The van der Waals surface area contributed by atoms with E-state index in [9.17, 15) is 0 Å². The smallest absolute Gasteiger partial charge is 0.129 e. The van der Waals surface area contributed by atoms with Crippen LogP contribution in [0.25, 0.3) is 16.5 Å². The Morgan fingerprint density at radius 1 is 0.967 bits per heavy atom. The van der Waals surface area contributed by atoms with E-state index in [1.54, 1.807) is 7.11 Å². The van der Waals surface area contributed by atoms with E-state index in [0.29, 0.717) is 12.6 Å². The van der Waals surface area contributed by atoms with Crippen LogP contribution < -0.4 is 14.8 Å². The molecule has 3 aromatic rings. The van der Waals surface area contributed by atoms with Gasteiger partial charge in [0.1, 0.15) is 11.5 Å². The van der Waals surface area contributed by atoms with E-state index < -0.39 is 0 Å². The van der Waals surface area contributed by atoms with Crippen LogP contribution >= 0.6 is 0 Å². The Morgan fingerprint density at radius 3 is 2.43 bits per heavy atom. The molecule has 0 unspecified atom stereocenters. The van der Waals surface area contributed by atoms with E-state index in [4.69, 9.17) is 14.5 Å². The summed E-state index contributed by atoms with van der Waals surface area (Å²) in [6.45, 7) is 7.02. The van der Waals surface area contributed by atoms with Crippen molar-refractivity contribution in [2.45, 2.75) is 58.9 Å². The van der Waals surface area contributed by atoms with Gasteiger partial charge < -0.3 is 14.0 Å². The molecule has 0 saturated heterocycles. The first kappa shape index (κ1) is 20.5.